The zero-order valence-electron chi connectivity index (χ0n) is 16.5. The molecule has 1 N–H and O–H groups in total. The van der Waals surface area contributed by atoms with E-state index in [-0.39, 0.29) is 17.9 Å². The van der Waals surface area contributed by atoms with E-state index in [9.17, 15) is 9.59 Å². The molecule has 1 atom stereocenters. The van der Waals surface area contributed by atoms with Crippen LogP contribution in [-0.4, -0.2) is 34.6 Å². The number of hydrogen-bond donors (Lipinski definition) is 1. The Balaban J connectivity index is 2.07. The van der Waals surface area contributed by atoms with Gasteiger partial charge >= 0.3 is 0 Å². The van der Waals surface area contributed by atoms with Gasteiger partial charge in [0.1, 0.15) is 6.04 Å². The summed E-state index contributed by atoms with van der Waals surface area (Å²) in [7, 11) is 0. The number of halogens is 1. The van der Waals surface area contributed by atoms with Gasteiger partial charge in [-0.3, -0.25) is 9.59 Å². The van der Waals surface area contributed by atoms with E-state index in [1.165, 1.54) is 5.56 Å². The molecule has 4 nitrogen and oxygen atoms in total. The summed E-state index contributed by atoms with van der Waals surface area (Å²) in [6.45, 7) is 5.92. The lowest BCUT2D eigenvalue weighted by Crippen LogP contribution is -2.49. The number of rotatable bonds is 9. The van der Waals surface area contributed by atoms with Crippen molar-refractivity contribution in [2.45, 2.75) is 45.2 Å². The number of carbonyl (C=O) groups is 2. The van der Waals surface area contributed by atoms with Crippen molar-refractivity contribution < 1.29 is 9.59 Å². The average molecular weight is 419 g/mol. The third kappa shape index (κ3) is 7.21. The Hall–Kier alpha value is -1.98. The molecule has 0 spiro atoms. The molecule has 0 heterocycles. The summed E-state index contributed by atoms with van der Waals surface area (Å²) in [6, 6.07) is 16.9. The van der Waals surface area contributed by atoms with Gasteiger partial charge in [-0.05, 0) is 44.0 Å². The zero-order valence-corrected chi connectivity index (χ0v) is 18.1. The lowest BCUT2D eigenvalue weighted by atomic mass is 10.1. The van der Waals surface area contributed by atoms with Crippen LogP contribution in [0.3, 0.4) is 0 Å². The van der Waals surface area contributed by atoms with Crippen LogP contribution in [0, 0.1) is 0 Å². The Morgan fingerprint density at radius 1 is 1.04 bits per heavy atom. The van der Waals surface area contributed by atoms with Crippen molar-refractivity contribution in [2.75, 3.05) is 5.75 Å². The lowest BCUT2D eigenvalue weighted by molar-refractivity contribution is -0.138. The van der Waals surface area contributed by atoms with E-state index in [0.29, 0.717) is 17.3 Å². The van der Waals surface area contributed by atoms with Crippen molar-refractivity contribution in [2.24, 2.45) is 0 Å². The summed E-state index contributed by atoms with van der Waals surface area (Å²) in [4.78, 5) is 27.1. The Bertz CT molecular complexity index is 783. The maximum Gasteiger partial charge on any atom is 0.242 e. The van der Waals surface area contributed by atoms with Crippen molar-refractivity contribution in [3.63, 3.8) is 0 Å². The van der Waals surface area contributed by atoms with Crippen LogP contribution >= 0.6 is 23.4 Å². The van der Waals surface area contributed by atoms with Gasteiger partial charge in [0.2, 0.25) is 11.8 Å². The molecule has 28 heavy (non-hydrogen) atoms. The smallest absolute Gasteiger partial charge is 0.242 e. The van der Waals surface area contributed by atoms with Crippen molar-refractivity contribution in [1.82, 2.24) is 10.2 Å². The summed E-state index contributed by atoms with van der Waals surface area (Å²) in [5, 5.41) is 3.50. The molecule has 6 heteroatoms. The first-order chi connectivity index (χ1) is 13.4. The van der Waals surface area contributed by atoms with Gasteiger partial charge in [-0.2, -0.15) is 0 Å². The Labute approximate surface area is 176 Å². The summed E-state index contributed by atoms with van der Waals surface area (Å²) in [5.41, 5.74) is 2.07. The minimum atomic E-state index is -0.564. The number of carbonyl (C=O) groups excluding carboxylic acids is 2. The SMILES string of the molecule is CC(C)NC(=O)C(C)N(Cc1cccc(Cl)c1)C(=O)CSCc1ccccc1. The molecule has 2 aromatic carbocycles. The normalized spacial score (nSPS) is 11.9. The fourth-order valence-electron chi connectivity index (χ4n) is 2.73. The van der Waals surface area contributed by atoms with E-state index in [1.54, 1.807) is 29.7 Å². The monoisotopic (exact) mass is 418 g/mol. The molecule has 0 aromatic heterocycles. The summed E-state index contributed by atoms with van der Waals surface area (Å²) >= 11 is 7.63. The number of benzene rings is 2. The fourth-order valence-corrected chi connectivity index (χ4v) is 3.82. The average Bonchev–Trinajstić information content (AvgIpc) is 2.66. The van der Waals surface area contributed by atoms with Gasteiger partial charge in [0, 0.05) is 23.4 Å². The maximum absolute atomic E-state index is 12.9. The molecular weight excluding hydrogens is 392 g/mol. The van der Waals surface area contributed by atoms with Crippen molar-refractivity contribution in [3.8, 4) is 0 Å². The molecule has 2 amide bonds. The van der Waals surface area contributed by atoms with E-state index >= 15 is 0 Å². The zero-order chi connectivity index (χ0) is 20.5. The van der Waals surface area contributed by atoms with Gasteiger partial charge < -0.3 is 10.2 Å². The first-order valence-corrected chi connectivity index (χ1v) is 10.9. The number of hydrogen-bond acceptors (Lipinski definition) is 3. The third-order valence-corrected chi connectivity index (χ3v) is 5.40. The van der Waals surface area contributed by atoms with Gasteiger partial charge in [-0.15, -0.1) is 11.8 Å². The molecule has 2 aromatic rings. The second-order valence-electron chi connectivity index (χ2n) is 6.97. The van der Waals surface area contributed by atoms with E-state index in [0.717, 1.165) is 11.3 Å². The van der Waals surface area contributed by atoms with Crippen LogP contribution in [0.5, 0.6) is 0 Å². The third-order valence-electron chi connectivity index (χ3n) is 4.18. The first kappa shape index (κ1) is 22.3. The molecule has 0 aliphatic rings. The number of thioether (sulfide) groups is 1. The predicted molar refractivity (Wildman–Crippen MR) is 117 cm³/mol. The molecule has 0 radical (unpaired) electrons. The highest BCUT2D eigenvalue weighted by atomic mass is 35.5. The van der Waals surface area contributed by atoms with Crippen LogP contribution in [-0.2, 0) is 21.9 Å². The van der Waals surface area contributed by atoms with Gasteiger partial charge in [0.05, 0.1) is 5.75 Å². The number of nitrogens with zero attached hydrogens (tertiary/aromatic N) is 1. The Morgan fingerprint density at radius 3 is 2.36 bits per heavy atom. The second kappa shape index (κ2) is 11.1. The molecule has 0 saturated carbocycles. The van der Waals surface area contributed by atoms with Crippen LogP contribution in [0.25, 0.3) is 0 Å². The molecule has 0 aliphatic carbocycles. The molecule has 0 aliphatic heterocycles. The summed E-state index contributed by atoms with van der Waals surface area (Å²) in [6.07, 6.45) is 0. The topological polar surface area (TPSA) is 49.4 Å². The van der Waals surface area contributed by atoms with Crippen LogP contribution < -0.4 is 5.32 Å². The van der Waals surface area contributed by atoms with Gasteiger partial charge in [0.25, 0.3) is 0 Å². The molecule has 150 valence electrons. The highest BCUT2D eigenvalue weighted by Gasteiger charge is 2.26. The van der Waals surface area contributed by atoms with Crippen molar-refractivity contribution >= 4 is 35.2 Å². The maximum atomic E-state index is 12.9. The molecular formula is C22H27ClN2O2S. The van der Waals surface area contributed by atoms with Gasteiger partial charge in [0.15, 0.2) is 0 Å². The number of amides is 2. The van der Waals surface area contributed by atoms with Gasteiger partial charge in [-0.1, -0.05) is 54.1 Å². The van der Waals surface area contributed by atoms with Crippen LogP contribution in [0.1, 0.15) is 31.9 Å². The van der Waals surface area contributed by atoms with Crippen LogP contribution in [0.2, 0.25) is 5.02 Å². The Kier molecular flexibility index (Phi) is 8.87. The summed E-state index contributed by atoms with van der Waals surface area (Å²) < 4.78 is 0. The Morgan fingerprint density at radius 2 is 1.71 bits per heavy atom. The first-order valence-electron chi connectivity index (χ1n) is 9.32. The van der Waals surface area contributed by atoms with E-state index in [4.69, 9.17) is 11.6 Å². The minimum Gasteiger partial charge on any atom is -0.352 e. The largest absolute Gasteiger partial charge is 0.352 e. The highest BCUT2D eigenvalue weighted by molar-refractivity contribution is 7.99. The lowest BCUT2D eigenvalue weighted by Gasteiger charge is -2.29. The molecule has 0 fully saturated rings. The molecule has 0 bridgehead atoms. The standard InChI is InChI=1S/C22H27ClN2O2S/c1-16(2)24-22(27)17(3)25(13-19-10-7-11-20(23)12-19)21(26)15-28-14-18-8-5-4-6-9-18/h4-12,16-17H,13-15H2,1-3H3,(H,24,27). The van der Waals surface area contributed by atoms with Crippen molar-refractivity contribution in [3.05, 3.63) is 70.7 Å². The molecule has 1 unspecified atom stereocenters. The minimum absolute atomic E-state index is 0.0190. The summed E-state index contributed by atoms with van der Waals surface area (Å²) in [5.74, 6) is 0.851. The fraction of sp³-hybridized carbons (Fsp3) is 0.364. The second-order valence-corrected chi connectivity index (χ2v) is 8.39. The quantitative estimate of drug-likeness (QED) is 0.651. The van der Waals surface area contributed by atoms with Gasteiger partial charge in [-0.25, -0.2) is 0 Å². The van der Waals surface area contributed by atoms with E-state index in [2.05, 4.69) is 5.32 Å². The van der Waals surface area contributed by atoms with E-state index < -0.39 is 6.04 Å². The van der Waals surface area contributed by atoms with Crippen LogP contribution in [0.4, 0.5) is 0 Å². The highest BCUT2D eigenvalue weighted by Crippen LogP contribution is 2.17. The van der Waals surface area contributed by atoms with Crippen LogP contribution in [0.15, 0.2) is 54.6 Å². The van der Waals surface area contributed by atoms with E-state index in [1.807, 2.05) is 62.4 Å². The molecule has 0 saturated heterocycles. The van der Waals surface area contributed by atoms with Crippen molar-refractivity contribution in [1.29, 1.82) is 0 Å². The molecule has 2 rings (SSSR count). The predicted octanol–water partition coefficient (Wildman–Crippen LogP) is 4.52. The number of nitrogens with one attached hydrogen (secondary N) is 1.